The first-order valence-electron chi connectivity index (χ1n) is 8.63. The van der Waals surface area contributed by atoms with Crippen molar-refractivity contribution in [2.45, 2.75) is 53.1 Å². The number of imide groups is 1. The molecule has 0 aliphatic rings. The SMILES string of the molecule is CCC(C)(C)C(=O)NC(C)C(=O)NCC(=O)N(C)C(=O)NC(C(C)=O)C(=O)O. The molecule has 0 aromatic carbocycles. The van der Waals surface area contributed by atoms with Crippen LogP contribution in [0.1, 0.15) is 41.0 Å². The second-order valence-electron chi connectivity index (χ2n) is 6.93. The summed E-state index contributed by atoms with van der Waals surface area (Å²) in [5.41, 5.74) is -0.653. The molecule has 2 unspecified atom stereocenters. The van der Waals surface area contributed by atoms with E-state index in [-0.39, 0.29) is 5.91 Å². The summed E-state index contributed by atoms with van der Waals surface area (Å²) < 4.78 is 0. The summed E-state index contributed by atoms with van der Waals surface area (Å²) >= 11 is 0. The van der Waals surface area contributed by atoms with E-state index in [9.17, 15) is 28.8 Å². The topological polar surface area (TPSA) is 162 Å². The molecular formula is C17H28N4O7. The number of likely N-dealkylation sites (N-methyl/N-ethyl adjacent to an activating group) is 1. The summed E-state index contributed by atoms with van der Waals surface area (Å²) in [6, 6.07) is -3.79. The van der Waals surface area contributed by atoms with Gasteiger partial charge in [0.15, 0.2) is 11.8 Å². The molecule has 0 aromatic rings. The Morgan fingerprint density at radius 3 is 2.04 bits per heavy atom. The Morgan fingerprint density at radius 1 is 1.07 bits per heavy atom. The number of carbonyl (C=O) groups is 6. The Hall–Kier alpha value is -2.98. The number of urea groups is 1. The van der Waals surface area contributed by atoms with Crippen LogP contribution in [0, 0.1) is 5.41 Å². The lowest BCUT2D eigenvalue weighted by Gasteiger charge is -2.24. The van der Waals surface area contributed by atoms with E-state index in [1.807, 2.05) is 12.2 Å². The van der Waals surface area contributed by atoms with Gasteiger partial charge in [0.05, 0.1) is 6.54 Å². The van der Waals surface area contributed by atoms with Crippen molar-refractivity contribution in [3.8, 4) is 0 Å². The van der Waals surface area contributed by atoms with Crippen LogP contribution in [0.3, 0.4) is 0 Å². The molecule has 0 fully saturated rings. The minimum absolute atomic E-state index is 0.315. The van der Waals surface area contributed by atoms with Gasteiger partial charge in [0.25, 0.3) is 0 Å². The van der Waals surface area contributed by atoms with Gasteiger partial charge in [-0.3, -0.25) is 24.1 Å². The Balaban J connectivity index is 4.68. The van der Waals surface area contributed by atoms with Crippen molar-refractivity contribution in [2.24, 2.45) is 5.41 Å². The zero-order chi connectivity index (χ0) is 22.2. The summed E-state index contributed by atoms with van der Waals surface area (Å²) in [7, 11) is 1.07. The van der Waals surface area contributed by atoms with Gasteiger partial charge >= 0.3 is 12.0 Å². The second-order valence-corrected chi connectivity index (χ2v) is 6.93. The fraction of sp³-hybridized carbons (Fsp3) is 0.647. The number of Topliss-reactive ketones (excluding diaryl/α,β-unsaturated/α-hetero) is 1. The van der Waals surface area contributed by atoms with E-state index >= 15 is 0 Å². The van der Waals surface area contributed by atoms with Crippen LogP contribution in [0.5, 0.6) is 0 Å². The van der Waals surface area contributed by atoms with Crippen LogP contribution in [-0.4, -0.2) is 71.2 Å². The van der Waals surface area contributed by atoms with E-state index in [1.54, 1.807) is 13.8 Å². The van der Waals surface area contributed by atoms with E-state index in [2.05, 4.69) is 10.6 Å². The van der Waals surface area contributed by atoms with Crippen LogP contribution in [0.25, 0.3) is 0 Å². The van der Waals surface area contributed by atoms with Gasteiger partial charge in [-0.05, 0) is 20.3 Å². The molecule has 0 bridgehead atoms. The number of nitrogens with zero attached hydrogens (tertiary/aromatic N) is 1. The lowest BCUT2D eigenvalue weighted by molar-refractivity contribution is -0.143. The Kier molecular flexibility index (Phi) is 9.27. The highest BCUT2D eigenvalue weighted by molar-refractivity contribution is 6.05. The van der Waals surface area contributed by atoms with Crippen molar-refractivity contribution in [3.63, 3.8) is 0 Å². The van der Waals surface area contributed by atoms with Crippen LogP contribution in [-0.2, 0) is 24.0 Å². The molecule has 28 heavy (non-hydrogen) atoms. The number of hydrogen-bond donors (Lipinski definition) is 4. The maximum atomic E-state index is 12.1. The Labute approximate surface area is 163 Å². The molecule has 11 heteroatoms. The van der Waals surface area contributed by atoms with Gasteiger partial charge < -0.3 is 21.1 Å². The Morgan fingerprint density at radius 2 is 1.61 bits per heavy atom. The lowest BCUT2D eigenvalue weighted by atomic mass is 9.89. The van der Waals surface area contributed by atoms with Gasteiger partial charge in [-0.15, -0.1) is 0 Å². The number of carboxylic acid groups (broad SMARTS) is 1. The molecule has 0 saturated carbocycles. The first-order chi connectivity index (χ1) is 12.7. The van der Waals surface area contributed by atoms with Crippen LogP contribution < -0.4 is 16.0 Å². The predicted octanol–water partition coefficient (Wildman–Crippen LogP) is -0.746. The molecule has 0 heterocycles. The monoisotopic (exact) mass is 400 g/mol. The third kappa shape index (κ3) is 7.33. The van der Waals surface area contributed by atoms with Crippen LogP contribution >= 0.6 is 0 Å². The summed E-state index contributed by atoms with van der Waals surface area (Å²) in [5, 5.41) is 15.6. The van der Waals surface area contributed by atoms with Crippen molar-refractivity contribution in [1.29, 1.82) is 0 Å². The van der Waals surface area contributed by atoms with Crippen molar-refractivity contribution in [3.05, 3.63) is 0 Å². The van der Waals surface area contributed by atoms with Gasteiger partial charge in [-0.1, -0.05) is 20.8 Å². The van der Waals surface area contributed by atoms with Crippen molar-refractivity contribution >= 4 is 35.5 Å². The third-order valence-electron chi connectivity index (χ3n) is 4.25. The smallest absolute Gasteiger partial charge is 0.334 e. The van der Waals surface area contributed by atoms with Gasteiger partial charge in [0.1, 0.15) is 6.04 Å². The molecule has 0 spiro atoms. The van der Waals surface area contributed by atoms with Crippen LogP contribution in [0.15, 0.2) is 0 Å². The molecule has 4 N–H and O–H groups in total. The number of amides is 5. The van der Waals surface area contributed by atoms with Crippen molar-refractivity contribution < 1.29 is 33.9 Å². The first kappa shape index (κ1) is 25.0. The third-order valence-corrected chi connectivity index (χ3v) is 4.25. The number of nitrogens with one attached hydrogen (secondary N) is 3. The van der Waals surface area contributed by atoms with Crippen molar-refractivity contribution in [2.75, 3.05) is 13.6 Å². The Bertz CT molecular complexity index is 646. The average Bonchev–Trinajstić information content (AvgIpc) is 2.61. The number of carbonyl (C=O) groups excluding carboxylic acids is 5. The highest BCUT2D eigenvalue weighted by atomic mass is 16.4. The molecular weight excluding hydrogens is 372 g/mol. The molecule has 0 aliphatic carbocycles. The zero-order valence-electron chi connectivity index (χ0n) is 16.9. The fourth-order valence-electron chi connectivity index (χ4n) is 1.72. The van der Waals surface area contributed by atoms with Gasteiger partial charge in [0, 0.05) is 12.5 Å². The summed E-state index contributed by atoms with van der Waals surface area (Å²) in [6.07, 6.45) is 0.573. The molecule has 5 amide bonds. The normalized spacial score (nSPS) is 12.9. The van der Waals surface area contributed by atoms with E-state index in [4.69, 9.17) is 5.11 Å². The largest absolute Gasteiger partial charge is 0.479 e. The number of rotatable bonds is 9. The predicted molar refractivity (Wildman–Crippen MR) is 98.1 cm³/mol. The maximum Gasteiger partial charge on any atom is 0.334 e. The van der Waals surface area contributed by atoms with Crippen LogP contribution in [0.4, 0.5) is 4.79 Å². The highest BCUT2D eigenvalue weighted by Gasteiger charge is 2.29. The van der Waals surface area contributed by atoms with Gasteiger partial charge in [-0.25, -0.2) is 9.59 Å². The molecule has 0 radical (unpaired) electrons. The van der Waals surface area contributed by atoms with E-state index < -0.39 is 53.6 Å². The van der Waals surface area contributed by atoms with Gasteiger partial charge in [-0.2, -0.15) is 0 Å². The molecule has 0 rings (SSSR count). The molecule has 0 aliphatic heterocycles. The average molecular weight is 400 g/mol. The highest BCUT2D eigenvalue weighted by Crippen LogP contribution is 2.19. The number of aliphatic carboxylic acids is 1. The minimum atomic E-state index is -1.78. The summed E-state index contributed by atoms with van der Waals surface area (Å²) in [6.45, 7) is 7.18. The number of carboxylic acids is 1. The molecule has 158 valence electrons. The first-order valence-corrected chi connectivity index (χ1v) is 8.63. The molecule has 0 saturated heterocycles. The summed E-state index contributed by atoms with van der Waals surface area (Å²) in [4.78, 5) is 70.6. The summed E-state index contributed by atoms with van der Waals surface area (Å²) in [5.74, 6) is -4.16. The quantitative estimate of drug-likeness (QED) is 0.370. The minimum Gasteiger partial charge on any atom is -0.479 e. The standard InChI is InChI=1S/C17H28N4O7/c1-7-17(4,5)15(27)19-9(2)13(24)18-8-11(23)21(6)16(28)20-12(10(3)22)14(25)26/h9,12H,7-8H2,1-6H3,(H,18,24)(H,19,27)(H,20,28)(H,25,26). The van der Waals surface area contributed by atoms with Gasteiger partial charge in [0.2, 0.25) is 17.7 Å². The van der Waals surface area contributed by atoms with E-state index in [0.717, 1.165) is 14.0 Å². The van der Waals surface area contributed by atoms with E-state index in [1.165, 1.54) is 6.92 Å². The lowest BCUT2D eigenvalue weighted by Crippen LogP contribution is -2.54. The molecule has 11 nitrogen and oxygen atoms in total. The van der Waals surface area contributed by atoms with Crippen LogP contribution in [0.2, 0.25) is 0 Å². The molecule has 0 aromatic heterocycles. The van der Waals surface area contributed by atoms with Crippen molar-refractivity contribution in [1.82, 2.24) is 20.9 Å². The second kappa shape index (κ2) is 10.4. The fourth-order valence-corrected chi connectivity index (χ4v) is 1.72. The maximum absolute atomic E-state index is 12.1. The molecule has 2 atom stereocenters. The number of hydrogen-bond acceptors (Lipinski definition) is 6. The van der Waals surface area contributed by atoms with E-state index in [0.29, 0.717) is 11.3 Å². The number of ketones is 1. The zero-order valence-corrected chi connectivity index (χ0v) is 16.9.